The van der Waals surface area contributed by atoms with Crippen LogP contribution in [-0.2, 0) is 11.3 Å². The molecule has 0 spiro atoms. The summed E-state index contributed by atoms with van der Waals surface area (Å²) in [6.45, 7) is 2.56. The van der Waals surface area contributed by atoms with Gasteiger partial charge in [-0.1, -0.05) is 0 Å². The highest BCUT2D eigenvalue weighted by molar-refractivity contribution is 5.88. The number of ether oxygens (including phenoxy) is 1. The topological polar surface area (TPSA) is 106 Å². The van der Waals surface area contributed by atoms with Gasteiger partial charge >= 0.3 is 11.7 Å². The Bertz CT molecular complexity index is 433. The molecule has 0 aliphatic carbocycles. The second kappa shape index (κ2) is 7.34. The first-order valence-electron chi connectivity index (χ1n) is 5.12. The summed E-state index contributed by atoms with van der Waals surface area (Å²) in [5.74, 6) is -0.496. The summed E-state index contributed by atoms with van der Waals surface area (Å²) in [6, 6.07) is 0. The van der Waals surface area contributed by atoms with Crippen molar-refractivity contribution in [1.82, 2.24) is 9.97 Å². The van der Waals surface area contributed by atoms with Crippen molar-refractivity contribution in [1.29, 1.82) is 0 Å². The van der Waals surface area contributed by atoms with E-state index in [1.807, 2.05) is 21.1 Å². The van der Waals surface area contributed by atoms with Crippen LogP contribution >= 0.6 is 0 Å². The molecule has 0 unspecified atom stereocenters. The summed E-state index contributed by atoms with van der Waals surface area (Å²) in [4.78, 5) is 27.8. The molecule has 7 nitrogen and oxygen atoms in total. The molecule has 0 atom stereocenters. The fourth-order valence-corrected chi connectivity index (χ4v) is 1.39. The molecular weight excluding hydrogens is 306 g/mol. The zero-order valence-electron chi connectivity index (χ0n) is 11.0. The number of quaternary nitrogens is 1. The normalized spacial score (nSPS) is 10.2. The van der Waals surface area contributed by atoms with Crippen molar-refractivity contribution in [3.63, 3.8) is 0 Å². The van der Waals surface area contributed by atoms with Gasteiger partial charge in [0.2, 0.25) is 0 Å². The standard InChI is InChI=1S/C10H17N3O3.BrH.H2O/c1-5-16-9(14)8-7(6-13(2,3)4)11-10(15)12-8;;/h5-6H2,1-4H3,(H-,11,12,14,15);1H;1H2. The Balaban J connectivity index is 0. The van der Waals surface area contributed by atoms with Crippen molar-refractivity contribution in [3.8, 4) is 0 Å². The molecule has 1 aromatic rings. The van der Waals surface area contributed by atoms with Crippen LogP contribution in [0.2, 0.25) is 0 Å². The van der Waals surface area contributed by atoms with Gasteiger partial charge in [0.25, 0.3) is 0 Å². The van der Waals surface area contributed by atoms with Crippen molar-refractivity contribution in [3.05, 3.63) is 21.9 Å². The first kappa shape index (κ1) is 19.2. The molecule has 4 N–H and O–H groups in total. The number of hydrogen-bond donors (Lipinski definition) is 2. The van der Waals surface area contributed by atoms with Gasteiger partial charge in [-0.15, -0.1) is 0 Å². The van der Waals surface area contributed by atoms with E-state index >= 15 is 0 Å². The number of aromatic amines is 2. The monoisotopic (exact) mass is 325 g/mol. The van der Waals surface area contributed by atoms with Crippen LogP contribution in [0, 0.1) is 0 Å². The highest BCUT2D eigenvalue weighted by Crippen LogP contribution is 2.08. The molecule has 0 amide bonds. The number of hydrogen-bond acceptors (Lipinski definition) is 3. The molecule has 106 valence electrons. The third-order valence-electron chi connectivity index (χ3n) is 1.92. The zero-order valence-corrected chi connectivity index (χ0v) is 12.6. The van der Waals surface area contributed by atoms with Crippen LogP contribution in [-0.4, -0.2) is 53.6 Å². The molecule has 0 fully saturated rings. The molecule has 0 saturated heterocycles. The number of carbonyl (C=O) groups excluding carboxylic acids is 1. The molecule has 0 bridgehead atoms. The van der Waals surface area contributed by atoms with Gasteiger partial charge in [0, 0.05) is 0 Å². The van der Waals surface area contributed by atoms with Crippen molar-refractivity contribution < 1.29 is 36.5 Å². The van der Waals surface area contributed by atoms with E-state index in [2.05, 4.69) is 9.97 Å². The third kappa shape index (κ3) is 5.48. The minimum atomic E-state index is -0.496. The molecule has 1 heterocycles. The van der Waals surface area contributed by atoms with E-state index in [1.165, 1.54) is 0 Å². The number of nitrogens with zero attached hydrogens (tertiary/aromatic N) is 1. The average Bonchev–Trinajstić information content (AvgIpc) is 2.44. The van der Waals surface area contributed by atoms with Gasteiger partial charge in [-0.25, -0.2) is 9.59 Å². The summed E-state index contributed by atoms with van der Waals surface area (Å²) in [5.41, 5.74) is 0.419. The van der Waals surface area contributed by atoms with Gasteiger partial charge in [0.05, 0.1) is 27.7 Å². The van der Waals surface area contributed by atoms with Crippen LogP contribution in [0.4, 0.5) is 0 Å². The number of esters is 1. The smallest absolute Gasteiger partial charge is 0.356 e. The van der Waals surface area contributed by atoms with E-state index in [-0.39, 0.29) is 40.4 Å². The van der Waals surface area contributed by atoms with E-state index in [0.29, 0.717) is 16.7 Å². The van der Waals surface area contributed by atoms with E-state index in [1.54, 1.807) is 6.92 Å². The first-order chi connectivity index (χ1) is 7.33. The number of rotatable bonds is 4. The lowest BCUT2D eigenvalue weighted by atomic mass is 10.3. The van der Waals surface area contributed by atoms with Gasteiger partial charge in [0.15, 0.2) is 5.69 Å². The zero-order chi connectivity index (χ0) is 12.3. The van der Waals surface area contributed by atoms with Crippen LogP contribution < -0.4 is 22.7 Å². The molecule has 0 saturated carbocycles. The minimum absolute atomic E-state index is 0. The van der Waals surface area contributed by atoms with Gasteiger partial charge in [-0.3, -0.25) is 4.98 Å². The Morgan fingerprint density at radius 1 is 1.28 bits per heavy atom. The highest BCUT2D eigenvalue weighted by Gasteiger charge is 2.21. The minimum Gasteiger partial charge on any atom is -1.00 e. The number of imidazole rings is 1. The Kier molecular flexibility index (Phi) is 7.84. The maximum Gasteiger partial charge on any atom is 0.356 e. The predicted molar refractivity (Wildman–Crippen MR) is 62.7 cm³/mol. The van der Waals surface area contributed by atoms with Gasteiger partial charge in [-0.05, 0) is 6.92 Å². The largest absolute Gasteiger partial charge is 1.00 e. The summed E-state index contributed by atoms with van der Waals surface area (Å²) in [6.07, 6.45) is 0. The van der Waals surface area contributed by atoms with E-state index in [4.69, 9.17) is 4.74 Å². The Labute approximate surface area is 116 Å². The maximum absolute atomic E-state index is 11.5. The van der Waals surface area contributed by atoms with Gasteiger partial charge in [0.1, 0.15) is 12.2 Å². The number of halogens is 1. The Hall–Kier alpha value is -1.12. The number of carbonyl (C=O) groups is 1. The van der Waals surface area contributed by atoms with Crippen LogP contribution in [0.1, 0.15) is 23.1 Å². The molecule has 8 heteroatoms. The first-order valence-corrected chi connectivity index (χ1v) is 5.12. The third-order valence-corrected chi connectivity index (χ3v) is 1.92. The van der Waals surface area contributed by atoms with Gasteiger partial charge < -0.3 is 36.7 Å². The molecule has 0 radical (unpaired) electrons. The molecule has 18 heavy (non-hydrogen) atoms. The lowest BCUT2D eigenvalue weighted by Crippen LogP contribution is -3.00. The predicted octanol–water partition coefficient (Wildman–Crippen LogP) is -3.73. The van der Waals surface area contributed by atoms with Crippen LogP contribution in [0.15, 0.2) is 4.79 Å². The quantitative estimate of drug-likeness (QED) is 0.439. The van der Waals surface area contributed by atoms with Crippen molar-refractivity contribution in [2.75, 3.05) is 27.7 Å². The fraction of sp³-hybridized carbons (Fsp3) is 0.600. The lowest BCUT2D eigenvalue weighted by Gasteiger charge is -2.23. The van der Waals surface area contributed by atoms with Crippen molar-refractivity contribution in [2.24, 2.45) is 0 Å². The number of H-pyrrole nitrogens is 2. The van der Waals surface area contributed by atoms with Crippen molar-refractivity contribution >= 4 is 5.97 Å². The second-order valence-corrected chi connectivity index (χ2v) is 4.60. The van der Waals surface area contributed by atoms with E-state index < -0.39 is 5.97 Å². The van der Waals surface area contributed by atoms with Crippen molar-refractivity contribution in [2.45, 2.75) is 13.5 Å². The molecule has 1 rings (SSSR count). The van der Waals surface area contributed by atoms with E-state index in [9.17, 15) is 9.59 Å². The average molecular weight is 326 g/mol. The molecular formula is C10H20BrN3O4. The number of aromatic nitrogens is 2. The van der Waals surface area contributed by atoms with Crippen LogP contribution in [0.25, 0.3) is 0 Å². The second-order valence-electron chi connectivity index (χ2n) is 4.60. The SMILES string of the molecule is CCOC(=O)c1[nH]c(=O)[nH]c1C[N+](C)(C)C.O.[Br-]. The van der Waals surface area contributed by atoms with E-state index in [0.717, 1.165) is 0 Å². The Morgan fingerprint density at radius 2 is 1.83 bits per heavy atom. The molecule has 0 aliphatic rings. The molecule has 0 aliphatic heterocycles. The van der Waals surface area contributed by atoms with Crippen LogP contribution in [0.5, 0.6) is 0 Å². The highest BCUT2D eigenvalue weighted by atomic mass is 79.9. The van der Waals surface area contributed by atoms with Gasteiger partial charge in [-0.2, -0.15) is 0 Å². The maximum atomic E-state index is 11.5. The fourth-order valence-electron chi connectivity index (χ4n) is 1.39. The summed E-state index contributed by atoms with van der Waals surface area (Å²) in [7, 11) is 5.92. The van der Waals surface area contributed by atoms with Crippen LogP contribution in [0.3, 0.4) is 0 Å². The summed E-state index contributed by atoms with van der Waals surface area (Å²) < 4.78 is 5.47. The summed E-state index contributed by atoms with van der Waals surface area (Å²) in [5, 5.41) is 0. The lowest BCUT2D eigenvalue weighted by molar-refractivity contribution is -0.884. The number of nitrogens with one attached hydrogen (secondary N) is 2. The Morgan fingerprint density at radius 3 is 2.28 bits per heavy atom. The summed E-state index contributed by atoms with van der Waals surface area (Å²) >= 11 is 0. The molecule has 1 aromatic heterocycles. The molecule has 0 aromatic carbocycles.